The molecule has 0 aliphatic heterocycles. The molecule has 0 saturated heterocycles. The molecule has 0 fully saturated rings. The van der Waals surface area contributed by atoms with Gasteiger partial charge in [0.2, 0.25) is 0 Å². The molecule has 1 N–H and O–H groups in total. The highest BCUT2D eigenvalue weighted by Gasteiger charge is 2.10. The third kappa shape index (κ3) is 6.36. The van der Waals surface area contributed by atoms with Crippen LogP contribution < -0.4 is 5.32 Å². The molecule has 0 aliphatic carbocycles. The van der Waals surface area contributed by atoms with E-state index in [2.05, 4.69) is 48.8 Å². The first-order valence-electron chi connectivity index (χ1n) is 8.47. The molecule has 1 aromatic rings. The first kappa shape index (κ1) is 19.7. The number of nitrogens with zero attached hydrogens (tertiary/aromatic N) is 2. The van der Waals surface area contributed by atoms with Crippen LogP contribution in [0.2, 0.25) is 5.02 Å². The van der Waals surface area contributed by atoms with Crippen LogP contribution in [0.4, 0.5) is 5.69 Å². The van der Waals surface area contributed by atoms with Crippen molar-refractivity contribution in [3.05, 3.63) is 34.9 Å². The van der Waals surface area contributed by atoms with Crippen molar-refractivity contribution in [1.82, 2.24) is 10.2 Å². The molecule has 0 aliphatic rings. The van der Waals surface area contributed by atoms with Crippen LogP contribution in [0.25, 0.3) is 5.70 Å². The molecule has 0 spiro atoms. The van der Waals surface area contributed by atoms with Gasteiger partial charge in [-0.1, -0.05) is 31.5 Å². The summed E-state index contributed by atoms with van der Waals surface area (Å²) in [5, 5.41) is 4.28. The van der Waals surface area contributed by atoms with Gasteiger partial charge in [0.05, 0.1) is 5.69 Å². The zero-order chi connectivity index (χ0) is 17.2. The van der Waals surface area contributed by atoms with E-state index in [1.807, 2.05) is 25.1 Å². The molecule has 4 heteroatoms. The fourth-order valence-corrected chi connectivity index (χ4v) is 2.84. The Bertz CT molecular complexity index is 521. The molecule has 1 rings (SSSR count). The van der Waals surface area contributed by atoms with Crippen LogP contribution in [-0.2, 0) is 0 Å². The average molecular weight is 336 g/mol. The summed E-state index contributed by atoms with van der Waals surface area (Å²) in [6.45, 7) is 15.7. The van der Waals surface area contributed by atoms with Gasteiger partial charge in [-0.15, -0.1) is 0 Å². The van der Waals surface area contributed by atoms with Crippen molar-refractivity contribution in [2.45, 2.75) is 46.6 Å². The van der Waals surface area contributed by atoms with Crippen LogP contribution in [0.15, 0.2) is 29.3 Å². The van der Waals surface area contributed by atoms with Gasteiger partial charge in [-0.25, -0.2) is 0 Å². The van der Waals surface area contributed by atoms with E-state index in [9.17, 15) is 0 Å². The lowest BCUT2D eigenvalue weighted by Crippen LogP contribution is -2.28. The molecule has 23 heavy (non-hydrogen) atoms. The van der Waals surface area contributed by atoms with Gasteiger partial charge in [0, 0.05) is 22.3 Å². The maximum Gasteiger partial charge on any atom is 0.0730 e. The zero-order valence-corrected chi connectivity index (χ0v) is 15.7. The SMILES string of the molecule is C=Nc1cc(Cl)ccc1/C(=C\C)NC(C)CCCN(CC)CC. The molecule has 0 bridgehead atoms. The lowest BCUT2D eigenvalue weighted by Gasteiger charge is -2.22. The van der Waals surface area contributed by atoms with E-state index in [0.29, 0.717) is 11.1 Å². The smallest absolute Gasteiger partial charge is 0.0730 e. The Labute approximate surface area is 146 Å². The number of benzene rings is 1. The quantitative estimate of drug-likeness (QED) is 0.600. The fraction of sp³-hybridized carbons (Fsp3) is 0.526. The summed E-state index contributed by atoms with van der Waals surface area (Å²) in [5.41, 5.74) is 2.94. The number of hydrogen-bond acceptors (Lipinski definition) is 3. The van der Waals surface area contributed by atoms with Gasteiger partial charge in [-0.05, 0) is 71.2 Å². The minimum absolute atomic E-state index is 0.408. The van der Waals surface area contributed by atoms with Crippen molar-refractivity contribution in [3.63, 3.8) is 0 Å². The van der Waals surface area contributed by atoms with Gasteiger partial charge >= 0.3 is 0 Å². The van der Waals surface area contributed by atoms with E-state index in [0.717, 1.165) is 43.0 Å². The van der Waals surface area contributed by atoms with E-state index in [4.69, 9.17) is 11.6 Å². The zero-order valence-electron chi connectivity index (χ0n) is 14.9. The van der Waals surface area contributed by atoms with E-state index in [1.165, 1.54) is 6.42 Å². The Morgan fingerprint density at radius 2 is 2.09 bits per heavy atom. The Morgan fingerprint density at radius 1 is 1.39 bits per heavy atom. The molecule has 3 nitrogen and oxygen atoms in total. The van der Waals surface area contributed by atoms with Gasteiger partial charge in [-0.3, -0.25) is 4.99 Å². The fourth-order valence-electron chi connectivity index (χ4n) is 2.68. The second kappa shape index (κ2) is 10.5. The topological polar surface area (TPSA) is 27.6 Å². The molecular formula is C19H30ClN3. The molecule has 128 valence electrons. The molecule has 0 radical (unpaired) electrons. The predicted molar refractivity (Wildman–Crippen MR) is 104 cm³/mol. The van der Waals surface area contributed by atoms with Gasteiger partial charge in [0.15, 0.2) is 0 Å². The number of nitrogens with one attached hydrogen (secondary N) is 1. The molecule has 0 aromatic heterocycles. The Kier molecular flexibility index (Phi) is 8.97. The summed E-state index contributed by atoms with van der Waals surface area (Å²) in [5.74, 6) is 0. The van der Waals surface area contributed by atoms with Crippen molar-refractivity contribution in [2.75, 3.05) is 19.6 Å². The van der Waals surface area contributed by atoms with Gasteiger partial charge < -0.3 is 10.2 Å². The standard InChI is InChI=1S/C19H30ClN3/c1-6-18(17-12-11-16(20)14-19(17)21-5)22-15(4)10-9-13-23(7-2)8-3/h6,11-12,14-15,22H,5,7-10,13H2,1-4H3/b18-6+. The van der Waals surface area contributed by atoms with E-state index in [1.54, 1.807) is 0 Å². The minimum atomic E-state index is 0.408. The first-order valence-corrected chi connectivity index (χ1v) is 8.85. The van der Waals surface area contributed by atoms with Crippen molar-refractivity contribution >= 4 is 29.7 Å². The highest BCUT2D eigenvalue weighted by Crippen LogP contribution is 2.28. The van der Waals surface area contributed by atoms with E-state index >= 15 is 0 Å². The van der Waals surface area contributed by atoms with Gasteiger partial charge in [0.1, 0.15) is 0 Å². The molecule has 1 unspecified atom stereocenters. The van der Waals surface area contributed by atoms with Gasteiger partial charge in [-0.2, -0.15) is 0 Å². The van der Waals surface area contributed by atoms with Crippen LogP contribution in [0, 0.1) is 0 Å². The highest BCUT2D eigenvalue weighted by atomic mass is 35.5. The number of hydrogen-bond donors (Lipinski definition) is 1. The van der Waals surface area contributed by atoms with Crippen LogP contribution in [0.1, 0.15) is 46.1 Å². The lowest BCUT2D eigenvalue weighted by atomic mass is 10.1. The Hall–Kier alpha value is -1.32. The maximum atomic E-state index is 6.04. The largest absolute Gasteiger partial charge is 0.382 e. The van der Waals surface area contributed by atoms with Crippen LogP contribution >= 0.6 is 11.6 Å². The summed E-state index contributed by atoms with van der Waals surface area (Å²) in [6, 6.07) is 6.14. The Balaban J connectivity index is 2.65. The number of aliphatic imine (C=N–C) groups is 1. The van der Waals surface area contributed by atoms with E-state index in [-0.39, 0.29) is 0 Å². The molecule has 0 saturated carbocycles. The van der Waals surface area contributed by atoms with Crippen molar-refractivity contribution in [1.29, 1.82) is 0 Å². The summed E-state index contributed by atoms with van der Waals surface area (Å²) in [7, 11) is 0. The minimum Gasteiger partial charge on any atom is -0.382 e. The normalized spacial score (nSPS) is 13.2. The second-order valence-corrected chi connectivity index (χ2v) is 6.17. The third-order valence-electron chi connectivity index (χ3n) is 4.12. The summed E-state index contributed by atoms with van der Waals surface area (Å²) >= 11 is 6.04. The van der Waals surface area contributed by atoms with Crippen LogP contribution in [0.5, 0.6) is 0 Å². The van der Waals surface area contributed by atoms with Crippen molar-refractivity contribution < 1.29 is 0 Å². The average Bonchev–Trinajstić information content (AvgIpc) is 2.56. The van der Waals surface area contributed by atoms with Crippen molar-refractivity contribution in [2.24, 2.45) is 4.99 Å². The maximum absolute atomic E-state index is 6.04. The monoisotopic (exact) mass is 335 g/mol. The molecule has 1 atom stereocenters. The molecule has 0 heterocycles. The molecule has 1 aromatic carbocycles. The summed E-state index contributed by atoms with van der Waals surface area (Å²) in [4.78, 5) is 6.55. The highest BCUT2D eigenvalue weighted by molar-refractivity contribution is 6.30. The first-order chi connectivity index (χ1) is 11.0. The van der Waals surface area contributed by atoms with Gasteiger partial charge in [0.25, 0.3) is 0 Å². The lowest BCUT2D eigenvalue weighted by molar-refractivity contribution is 0.292. The Morgan fingerprint density at radius 3 is 2.65 bits per heavy atom. The van der Waals surface area contributed by atoms with Crippen molar-refractivity contribution in [3.8, 4) is 0 Å². The van der Waals surface area contributed by atoms with Crippen LogP contribution in [0.3, 0.4) is 0 Å². The second-order valence-electron chi connectivity index (χ2n) is 5.74. The molecular weight excluding hydrogens is 306 g/mol. The summed E-state index contributed by atoms with van der Waals surface area (Å²) in [6.07, 6.45) is 4.41. The number of allylic oxidation sites excluding steroid dienone is 1. The van der Waals surface area contributed by atoms with Crippen LogP contribution in [-0.4, -0.2) is 37.3 Å². The summed E-state index contributed by atoms with van der Waals surface area (Å²) < 4.78 is 0. The predicted octanol–water partition coefficient (Wildman–Crippen LogP) is 5.13. The number of rotatable bonds is 10. The molecule has 0 amide bonds. The third-order valence-corrected chi connectivity index (χ3v) is 4.35. The number of halogens is 1. The van der Waals surface area contributed by atoms with E-state index < -0.39 is 0 Å².